The molecule has 4 heteroatoms. The fraction of sp³-hybridized carbons (Fsp3) is 0.316. The van der Waals surface area contributed by atoms with Gasteiger partial charge in [0.2, 0.25) is 5.91 Å². The van der Waals surface area contributed by atoms with Crippen molar-refractivity contribution in [3.8, 4) is 0 Å². The number of benzene rings is 1. The van der Waals surface area contributed by atoms with Crippen molar-refractivity contribution in [2.75, 3.05) is 0 Å². The second-order valence-electron chi connectivity index (χ2n) is 6.28. The molecule has 2 N–H and O–H groups in total. The summed E-state index contributed by atoms with van der Waals surface area (Å²) in [7, 11) is 0. The normalized spacial score (nSPS) is 20.2. The van der Waals surface area contributed by atoms with E-state index in [2.05, 4.69) is 50.5 Å². The maximum atomic E-state index is 12.8. The topological polar surface area (TPSA) is 44.9 Å². The summed E-state index contributed by atoms with van der Waals surface area (Å²) in [5.41, 5.74) is 4.46. The van der Waals surface area contributed by atoms with Gasteiger partial charge in [-0.3, -0.25) is 4.79 Å². The smallest absolute Gasteiger partial charge is 0.233 e. The van der Waals surface area contributed by atoms with Crippen molar-refractivity contribution in [3.63, 3.8) is 0 Å². The molecule has 1 aromatic heterocycles. The second kappa shape index (κ2) is 6.00. The van der Waals surface area contributed by atoms with Crippen LogP contribution in [0.5, 0.6) is 0 Å². The molecule has 0 bridgehead atoms. The lowest BCUT2D eigenvalue weighted by molar-refractivity contribution is -0.122. The first kappa shape index (κ1) is 14.8. The van der Waals surface area contributed by atoms with E-state index in [1.807, 2.05) is 12.1 Å². The second-order valence-corrected chi connectivity index (χ2v) is 7.20. The molecular weight excluding hydrogens is 352 g/mol. The van der Waals surface area contributed by atoms with E-state index < -0.39 is 0 Å². The Kier molecular flexibility index (Phi) is 3.85. The van der Waals surface area contributed by atoms with E-state index in [9.17, 15) is 4.79 Å². The number of carbonyl (C=O) groups is 1. The van der Waals surface area contributed by atoms with Gasteiger partial charge in [0.25, 0.3) is 0 Å². The number of aromatic nitrogens is 1. The Morgan fingerprint density at radius 1 is 1.30 bits per heavy atom. The van der Waals surface area contributed by atoms with E-state index in [1.165, 1.54) is 10.9 Å². The van der Waals surface area contributed by atoms with Gasteiger partial charge in [-0.05, 0) is 61.9 Å². The molecular formula is C19H19BrN2O. The molecule has 0 spiro atoms. The number of carbonyl (C=O) groups excluding carboxylic acids is 1. The van der Waals surface area contributed by atoms with Crippen molar-refractivity contribution < 1.29 is 4.79 Å². The molecule has 0 fully saturated rings. The Morgan fingerprint density at radius 3 is 3.04 bits per heavy atom. The molecule has 0 radical (unpaired) electrons. The van der Waals surface area contributed by atoms with Crippen LogP contribution in [0, 0.1) is 0 Å². The lowest BCUT2D eigenvalue weighted by atomic mass is 9.86. The molecule has 0 aliphatic heterocycles. The number of halogens is 1. The molecule has 0 saturated heterocycles. The van der Waals surface area contributed by atoms with Crippen LogP contribution in [0.4, 0.5) is 0 Å². The van der Waals surface area contributed by atoms with E-state index in [1.54, 1.807) is 0 Å². The molecule has 2 aromatic rings. The number of hydrogen-bond acceptors (Lipinski definition) is 1. The molecule has 4 rings (SSSR count). The number of allylic oxidation sites excluding steroid dienone is 3. The average molecular weight is 371 g/mol. The zero-order valence-electron chi connectivity index (χ0n) is 12.9. The van der Waals surface area contributed by atoms with Crippen molar-refractivity contribution in [3.05, 3.63) is 57.9 Å². The van der Waals surface area contributed by atoms with E-state index >= 15 is 0 Å². The fourth-order valence-corrected chi connectivity index (χ4v) is 3.99. The summed E-state index contributed by atoms with van der Waals surface area (Å²) in [6, 6.07) is 6.27. The Balaban J connectivity index is 1.67. The summed E-state index contributed by atoms with van der Waals surface area (Å²) < 4.78 is 1.08. The third kappa shape index (κ3) is 2.76. The van der Waals surface area contributed by atoms with E-state index in [4.69, 9.17) is 0 Å². The van der Waals surface area contributed by atoms with Crippen LogP contribution in [-0.4, -0.2) is 10.9 Å². The van der Waals surface area contributed by atoms with Crippen LogP contribution in [0.2, 0.25) is 0 Å². The third-order valence-electron chi connectivity index (χ3n) is 4.75. The standard InChI is InChI=1S/C19H19BrN2O/c20-12-9-10-17-16(11-12)14-7-4-8-15(18(14)22-17)19(23)21-13-5-2-1-3-6-13/h2,5-6,9-11,15,22H,1,3-4,7-8H2,(H,21,23). The summed E-state index contributed by atoms with van der Waals surface area (Å²) in [5, 5.41) is 4.33. The first-order chi connectivity index (χ1) is 11.2. The van der Waals surface area contributed by atoms with Crippen molar-refractivity contribution in [2.45, 2.75) is 38.0 Å². The molecule has 1 aromatic carbocycles. The number of aromatic amines is 1. The summed E-state index contributed by atoms with van der Waals surface area (Å²) in [5.74, 6) is 0.0236. The number of aryl methyl sites for hydroxylation is 1. The molecule has 23 heavy (non-hydrogen) atoms. The highest BCUT2D eigenvalue weighted by atomic mass is 79.9. The molecule has 1 heterocycles. The maximum absolute atomic E-state index is 12.8. The predicted octanol–water partition coefficient (Wildman–Crippen LogP) is 4.70. The molecule has 2 aliphatic carbocycles. The van der Waals surface area contributed by atoms with Gasteiger partial charge < -0.3 is 10.3 Å². The monoisotopic (exact) mass is 370 g/mol. The minimum absolute atomic E-state index is 0.0823. The highest BCUT2D eigenvalue weighted by Crippen LogP contribution is 2.37. The van der Waals surface area contributed by atoms with E-state index in [-0.39, 0.29) is 11.8 Å². The van der Waals surface area contributed by atoms with Gasteiger partial charge in [-0.1, -0.05) is 28.1 Å². The average Bonchev–Trinajstić information content (AvgIpc) is 2.93. The molecule has 3 nitrogen and oxygen atoms in total. The highest BCUT2D eigenvalue weighted by Gasteiger charge is 2.29. The van der Waals surface area contributed by atoms with Gasteiger partial charge >= 0.3 is 0 Å². The summed E-state index contributed by atoms with van der Waals surface area (Å²) >= 11 is 3.55. The van der Waals surface area contributed by atoms with Crippen molar-refractivity contribution >= 4 is 32.7 Å². The van der Waals surface area contributed by atoms with Gasteiger partial charge in [0.1, 0.15) is 0 Å². The maximum Gasteiger partial charge on any atom is 0.233 e. The number of rotatable bonds is 2. The van der Waals surface area contributed by atoms with Crippen LogP contribution in [0.1, 0.15) is 42.9 Å². The number of hydrogen-bond donors (Lipinski definition) is 2. The van der Waals surface area contributed by atoms with E-state index in [0.29, 0.717) is 0 Å². The van der Waals surface area contributed by atoms with Gasteiger partial charge in [0.05, 0.1) is 5.92 Å². The Labute approximate surface area is 144 Å². The van der Waals surface area contributed by atoms with Crippen molar-refractivity contribution in [2.24, 2.45) is 0 Å². The molecule has 2 aliphatic rings. The Morgan fingerprint density at radius 2 is 2.22 bits per heavy atom. The minimum Gasteiger partial charge on any atom is -0.357 e. The Bertz CT molecular complexity index is 831. The van der Waals surface area contributed by atoms with E-state index in [0.717, 1.165) is 53.5 Å². The zero-order chi connectivity index (χ0) is 15.8. The number of fused-ring (bicyclic) bond motifs is 3. The van der Waals surface area contributed by atoms with Crippen molar-refractivity contribution in [1.29, 1.82) is 0 Å². The number of nitrogens with one attached hydrogen (secondary N) is 2. The molecule has 1 atom stereocenters. The number of amides is 1. The van der Waals surface area contributed by atoms with Crippen LogP contribution in [0.3, 0.4) is 0 Å². The summed E-state index contributed by atoms with van der Waals surface area (Å²) in [6.45, 7) is 0. The van der Waals surface area contributed by atoms with Gasteiger partial charge in [0, 0.05) is 26.8 Å². The van der Waals surface area contributed by atoms with Gasteiger partial charge in [-0.15, -0.1) is 0 Å². The fourth-order valence-electron chi connectivity index (χ4n) is 3.63. The van der Waals surface area contributed by atoms with Crippen LogP contribution >= 0.6 is 15.9 Å². The van der Waals surface area contributed by atoms with Crippen LogP contribution < -0.4 is 5.32 Å². The quantitative estimate of drug-likeness (QED) is 0.790. The molecule has 0 saturated carbocycles. The van der Waals surface area contributed by atoms with Crippen LogP contribution in [-0.2, 0) is 11.2 Å². The highest BCUT2D eigenvalue weighted by molar-refractivity contribution is 9.10. The lowest BCUT2D eigenvalue weighted by Crippen LogP contribution is -2.30. The SMILES string of the molecule is O=C(NC1=CCCC=C1)C1CCCc2c1[nH]c1ccc(Br)cc21. The zero-order valence-corrected chi connectivity index (χ0v) is 14.4. The first-order valence-corrected chi connectivity index (χ1v) is 8.99. The molecule has 118 valence electrons. The van der Waals surface area contributed by atoms with Crippen LogP contribution in [0.15, 0.2) is 46.6 Å². The third-order valence-corrected chi connectivity index (χ3v) is 5.24. The van der Waals surface area contributed by atoms with Crippen LogP contribution in [0.25, 0.3) is 10.9 Å². The largest absolute Gasteiger partial charge is 0.357 e. The summed E-state index contributed by atoms with van der Waals surface area (Å²) in [6.07, 6.45) is 11.3. The lowest BCUT2D eigenvalue weighted by Gasteiger charge is -2.22. The van der Waals surface area contributed by atoms with Gasteiger partial charge in [-0.2, -0.15) is 0 Å². The minimum atomic E-state index is -0.0823. The van der Waals surface area contributed by atoms with Crippen molar-refractivity contribution in [1.82, 2.24) is 10.3 Å². The predicted molar refractivity (Wildman–Crippen MR) is 96.3 cm³/mol. The first-order valence-electron chi connectivity index (χ1n) is 8.20. The molecule has 1 amide bonds. The van der Waals surface area contributed by atoms with Gasteiger partial charge in [0.15, 0.2) is 0 Å². The van der Waals surface area contributed by atoms with Gasteiger partial charge in [-0.25, -0.2) is 0 Å². The molecule has 1 unspecified atom stereocenters. The number of H-pyrrole nitrogens is 1. The summed E-state index contributed by atoms with van der Waals surface area (Å²) in [4.78, 5) is 16.3. The Hall–Kier alpha value is -1.81.